The van der Waals surface area contributed by atoms with Crippen LogP contribution in [0.5, 0.6) is 0 Å². The molecule has 0 radical (unpaired) electrons. The zero-order valence-corrected chi connectivity index (χ0v) is 12.2. The lowest BCUT2D eigenvalue weighted by Crippen LogP contribution is -2.37. The average molecular weight is 277 g/mol. The van der Waals surface area contributed by atoms with E-state index in [1.165, 1.54) is 6.42 Å². The lowest BCUT2D eigenvalue weighted by Gasteiger charge is -2.32. The van der Waals surface area contributed by atoms with Gasteiger partial charge in [-0.1, -0.05) is 0 Å². The molecule has 5 nitrogen and oxygen atoms in total. The minimum Gasteiger partial charge on any atom is -0.381 e. The Labute approximate surface area is 119 Å². The number of aromatic nitrogens is 2. The van der Waals surface area contributed by atoms with Gasteiger partial charge < -0.3 is 9.64 Å². The molecular formula is C15H23N3O2. The number of aryl methyl sites for hydroxylation is 1. The fraction of sp³-hybridized carbons (Fsp3) is 0.733. The molecule has 1 aromatic heterocycles. The van der Waals surface area contributed by atoms with E-state index >= 15 is 0 Å². The third-order valence-electron chi connectivity index (χ3n) is 4.56. The molecule has 0 aliphatic carbocycles. The summed E-state index contributed by atoms with van der Waals surface area (Å²) in [6, 6.07) is 0. The van der Waals surface area contributed by atoms with Crippen molar-refractivity contribution in [2.24, 2.45) is 5.41 Å². The average Bonchev–Trinajstić information content (AvgIpc) is 3.07. The van der Waals surface area contributed by atoms with Crippen molar-refractivity contribution in [1.29, 1.82) is 0 Å². The summed E-state index contributed by atoms with van der Waals surface area (Å²) < 4.78 is 7.48. The van der Waals surface area contributed by atoms with Gasteiger partial charge in [-0.05, 0) is 31.7 Å². The molecule has 1 aromatic rings. The Hall–Kier alpha value is -1.36. The highest BCUT2D eigenvalue weighted by molar-refractivity contribution is 5.79. The number of likely N-dealkylation sites (tertiary alicyclic amines) is 1. The molecule has 3 rings (SSSR count). The maximum Gasteiger partial charge on any atom is 0.227 e. The second kappa shape index (κ2) is 5.56. The molecule has 1 spiro atoms. The van der Waals surface area contributed by atoms with Crippen molar-refractivity contribution in [2.45, 2.75) is 39.2 Å². The minimum absolute atomic E-state index is 0.225. The summed E-state index contributed by atoms with van der Waals surface area (Å²) in [4.78, 5) is 14.4. The molecule has 3 heterocycles. The van der Waals surface area contributed by atoms with E-state index < -0.39 is 0 Å². The van der Waals surface area contributed by atoms with Gasteiger partial charge in [0.25, 0.3) is 0 Å². The molecule has 1 unspecified atom stereocenters. The second-order valence-electron chi connectivity index (χ2n) is 6.10. The third kappa shape index (κ3) is 2.73. The molecule has 0 bridgehead atoms. The van der Waals surface area contributed by atoms with E-state index in [9.17, 15) is 4.79 Å². The fourth-order valence-corrected chi connectivity index (χ4v) is 3.34. The van der Waals surface area contributed by atoms with E-state index in [2.05, 4.69) is 5.10 Å². The van der Waals surface area contributed by atoms with Crippen LogP contribution >= 0.6 is 0 Å². The van der Waals surface area contributed by atoms with E-state index in [4.69, 9.17) is 4.74 Å². The van der Waals surface area contributed by atoms with Gasteiger partial charge in [-0.25, -0.2) is 0 Å². The molecule has 0 N–H and O–H groups in total. The van der Waals surface area contributed by atoms with Crippen LogP contribution in [-0.2, 0) is 22.5 Å². The van der Waals surface area contributed by atoms with Crippen LogP contribution in [0.2, 0.25) is 0 Å². The van der Waals surface area contributed by atoms with Crippen LogP contribution in [0.4, 0.5) is 0 Å². The lowest BCUT2D eigenvalue weighted by atomic mass is 9.82. The molecule has 1 amide bonds. The van der Waals surface area contributed by atoms with Gasteiger partial charge in [0.15, 0.2) is 0 Å². The largest absolute Gasteiger partial charge is 0.381 e. The van der Waals surface area contributed by atoms with Crippen LogP contribution in [0.25, 0.3) is 0 Å². The second-order valence-corrected chi connectivity index (χ2v) is 6.10. The van der Waals surface area contributed by atoms with E-state index in [-0.39, 0.29) is 11.3 Å². The Balaban J connectivity index is 1.58. The SMILES string of the molecule is CCn1cc(CC(=O)N2CCC3(CCCOC3)C2)cn1. The highest BCUT2D eigenvalue weighted by Crippen LogP contribution is 2.38. The van der Waals surface area contributed by atoms with Gasteiger partial charge in [0.05, 0.1) is 19.2 Å². The van der Waals surface area contributed by atoms with Gasteiger partial charge in [-0.3, -0.25) is 9.48 Å². The first-order valence-electron chi connectivity index (χ1n) is 7.58. The summed E-state index contributed by atoms with van der Waals surface area (Å²) in [6.45, 7) is 6.35. The van der Waals surface area contributed by atoms with E-state index in [0.29, 0.717) is 6.42 Å². The van der Waals surface area contributed by atoms with Crippen molar-refractivity contribution in [3.05, 3.63) is 18.0 Å². The van der Waals surface area contributed by atoms with E-state index in [1.54, 1.807) is 6.20 Å². The molecular weight excluding hydrogens is 254 g/mol. The highest BCUT2D eigenvalue weighted by atomic mass is 16.5. The van der Waals surface area contributed by atoms with Crippen LogP contribution in [0, 0.1) is 5.41 Å². The predicted octanol–water partition coefficient (Wildman–Crippen LogP) is 1.47. The van der Waals surface area contributed by atoms with Crippen LogP contribution in [0.1, 0.15) is 31.7 Å². The van der Waals surface area contributed by atoms with Crippen LogP contribution < -0.4 is 0 Å². The van der Waals surface area contributed by atoms with Crippen molar-refractivity contribution in [1.82, 2.24) is 14.7 Å². The fourth-order valence-electron chi connectivity index (χ4n) is 3.34. The van der Waals surface area contributed by atoms with E-state index in [1.807, 2.05) is 22.7 Å². The Morgan fingerprint density at radius 2 is 2.40 bits per heavy atom. The van der Waals surface area contributed by atoms with Crippen LogP contribution in [0.15, 0.2) is 12.4 Å². The number of nitrogens with zero attached hydrogens (tertiary/aromatic N) is 3. The Morgan fingerprint density at radius 1 is 1.50 bits per heavy atom. The molecule has 5 heteroatoms. The number of ether oxygens (including phenoxy) is 1. The summed E-state index contributed by atoms with van der Waals surface area (Å²) in [5.74, 6) is 0.225. The molecule has 2 aliphatic heterocycles. The zero-order valence-electron chi connectivity index (χ0n) is 12.2. The van der Waals surface area contributed by atoms with Crippen molar-refractivity contribution in [2.75, 3.05) is 26.3 Å². The molecule has 2 aliphatic rings. The molecule has 110 valence electrons. The summed E-state index contributed by atoms with van der Waals surface area (Å²) in [5, 5.41) is 4.22. The number of hydrogen-bond donors (Lipinski definition) is 0. The Kier molecular flexibility index (Phi) is 3.78. The molecule has 20 heavy (non-hydrogen) atoms. The monoisotopic (exact) mass is 277 g/mol. The van der Waals surface area contributed by atoms with Crippen LogP contribution in [-0.4, -0.2) is 46.9 Å². The first kappa shape index (κ1) is 13.6. The molecule has 0 aromatic carbocycles. The Morgan fingerprint density at radius 3 is 3.10 bits per heavy atom. The standard InChI is InChI=1S/C15H23N3O2/c1-2-18-10-13(9-16-18)8-14(19)17-6-5-15(11-17)4-3-7-20-12-15/h9-10H,2-8,11-12H2,1H3. The number of rotatable bonds is 3. The number of amides is 1. The lowest BCUT2D eigenvalue weighted by molar-refractivity contribution is -0.130. The minimum atomic E-state index is 0.225. The van der Waals surface area contributed by atoms with Gasteiger partial charge in [0.2, 0.25) is 5.91 Å². The maximum absolute atomic E-state index is 12.4. The quantitative estimate of drug-likeness (QED) is 0.840. The van der Waals surface area contributed by atoms with Crippen molar-refractivity contribution in [3.8, 4) is 0 Å². The summed E-state index contributed by atoms with van der Waals surface area (Å²) in [7, 11) is 0. The topological polar surface area (TPSA) is 47.4 Å². The maximum atomic E-state index is 12.4. The number of carbonyl (C=O) groups is 1. The van der Waals surface area contributed by atoms with Crippen molar-refractivity contribution in [3.63, 3.8) is 0 Å². The first-order valence-corrected chi connectivity index (χ1v) is 7.58. The van der Waals surface area contributed by atoms with Gasteiger partial charge >= 0.3 is 0 Å². The van der Waals surface area contributed by atoms with Gasteiger partial charge in [0.1, 0.15) is 0 Å². The summed E-state index contributed by atoms with van der Waals surface area (Å²) in [6.07, 6.45) is 7.66. The normalized spacial score (nSPS) is 26.4. The summed E-state index contributed by atoms with van der Waals surface area (Å²) in [5.41, 5.74) is 1.25. The van der Waals surface area contributed by atoms with Crippen molar-refractivity contribution >= 4 is 5.91 Å². The molecule has 0 saturated carbocycles. The van der Waals surface area contributed by atoms with Gasteiger partial charge in [-0.2, -0.15) is 5.10 Å². The Bertz CT molecular complexity index is 477. The number of carbonyl (C=O) groups excluding carboxylic acids is 1. The first-order chi connectivity index (χ1) is 9.71. The molecule has 1 atom stereocenters. The predicted molar refractivity (Wildman–Crippen MR) is 75.3 cm³/mol. The third-order valence-corrected chi connectivity index (χ3v) is 4.56. The van der Waals surface area contributed by atoms with Crippen LogP contribution in [0.3, 0.4) is 0 Å². The van der Waals surface area contributed by atoms with E-state index in [0.717, 1.165) is 51.3 Å². The summed E-state index contributed by atoms with van der Waals surface area (Å²) >= 11 is 0. The smallest absolute Gasteiger partial charge is 0.227 e. The van der Waals surface area contributed by atoms with Gasteiger partial charge in [-0.15, -0.1) is 0 Å². The van der Waals surface area contributed by atoms with Gasteiger partial charge in [0, 0.05) is 37.9 Å². The number of hydrogen-bond acceptors (Lipinski definition) is 3. The highest BCUT2D eigenvalue weighted by Gasteiger charge is 2.41. The zero-order chi connectivity index (χ0) is 14.0. The van der Waals surface area contributed by atoms with Crippen molar-refractivity contribution < 1.29 is 9.53 Å². The molecule has 2 fully saturated rings. The molecule has 2 saturated heterocycles.